The summed E-state index contributed by atoms with van der Waals surface area (Å²) in [5, 5.41) is 0. The van der Waals surface area contributed by atoms with Gasteiger partial charge < -0.3 is 0 Å². The zero-order chi connectivity index (χ0) is 14.8. The van der Waals surface area contributed by atoms with Crippen LogP contribution >= 0.6 is 0 Å². The maximum atomic E-state index is 2.31. The minimum atomic E-state index is 0.0517. The normalized spacial score (nSPS) is 12.4. The molecule has 0 spiro atoms. The molecule has 0 saturated carbocycles. The highest BCUT2D eigenvalue weighted by Gasteiger charge is 2.24. The number of benzene rings is 2. The second kappa shape index (κ2) is 5.44. The van der Waals surface area contributed by atoms with Gasteiger partial charge in [-0.3, -0.25) is 0 Å². The van der Waals surface area contributed by atoms with E-state index in [1.54, 1.807) is 0 Å². The quantitative estimate of drug-likeness (QED) is 0.666. The lowest BCUT2D eigenvalue weighted by molar-refractivity contribution is 0.505. The molecule has 0 aliphatic carbocycles. The Hall–Kier alpha value is -1.56. The topological polar surface area (TPSA) is 0 Å². The van der Waals surface area contributed by atoms with Gasteiger partial charge in [-0.25, -0.2) is 0 Å². The first-order chi connectivity index (χ1) is 9.38. The van der Waals surface area contributed by atoms with Crippen LogP contribution in [-0.2, 0) is 10.8 Å². The number of rotatable bonds is 4. The van der Waals surface area contributed by atoms with Gasteiger partial charge in [-0.2, -0.15) is 0 Å². The molecule has 0 radical (unpaired) electrons. The summed E-state index contributed by atoms with van der Waals surface area (Å²) < 4.78 is 0. The lowest BCUT2D eigenvalue weighted by Crippen LogP contribution is -2.20. The van der Waals surface area contributed by atoms with Crippen LogP contribution in [0.3, 0.4) is 0 Å². The molecule has 106 valence electrons. The van der Waals surface area contributed by atoms with E-state index < -0.39 is 0 Å². The number of hydrogen-bond acceptors (Lipinski definition) is 0. The van der Waals surface area contributed by atoms with E-state index >= 15 is 0 Å². The van der Waals surface area contributed by atoms with Gasteiger partial charge in [0.2, 0.25) is 0 Å². The molecule has 0 saturated heterocycles. The van der Waals surface area contributed by atoms with Crippen LogP contribution in [0.25, 0.3) is 0 Å². The second-order valence-corrected chi connectivity index (χ2v) is 6.81. The summed E-state index contributed by atoms with van der Waals surface area (Å²) in [5.41, 5.74) is 4.47. The van der Waals surface area contributed by atoms with Gasteiger partial charge in [-0.15, -0.1) is 0 Å². The van der Waals surface area contributed by atoms with E-state index in [1.165, 1.54) is 16.7 Å². The van der Waals surface area contributed by atoms with Crippen LogP contribution in [0.1, 0.15) is 57.7 Å². The summed E-state index contributed by atoms with van der Waals surface area (Å²) in [6.07, 6.45) is 1.16. The maximum absolute atomic E-state index is 2.31. The zero-order valence-corrected chi connectivity index (χ0v) is 13.4. The lowest BCUT2D eigenvalue weighted by Gasteiger charge is -2.28. The molecule has 20 heavy (non-hydrogen) atoms. The fourth-order valence-corrected chi connectivity index (χ4v) is 2.56. The first-order valence-electron chi connectivity index (χ1n) is 7.54. The molecule has 2 aromatic carbocycles. The predicted molar refractivity (Wildman–Crippen MR) is 88.3 cm³/mol. The van der Waals surface area contributed by atoms with Crippen molar-refractivity contribution in [2.75, 3.05) is 0 Å². The lowest BCUT2D eigenvalue weighted by atomic mass is 9.76. The summed E-state index contributed by atoms with van der Waals surface area (Å²) in [6, 6.07) is 19.9. The molecule has 0 aromatic heterocycles. The average Bonchev–Trinajstić information content (AvgIpc) is 2.48. The molecular weight excluding hydrogens is 240 g/mol. The maximum Gasteiger partial charge on any atom is 0.0146 e. The molecule has 0 heterocycles. The molecule has 0 bridgehead atoms. The molecule has 0 amide bonds. The highest BCUT2D eigenvalue weighted by Crippen LogP contribution is 2.33. The molecule has 0 nitrogen and oxygen atoms in total. The Balaban J connectivity index is 2.35. The highest BCUT2D eigenvalue weighted by atomic mass is 14.3. The molecular formula is C20H26. The number of hydrogen-bond donors (Lipinski definition) is 0. The van der Waals surface area contributed by atoms with Crippen molar-refractivity contribution in [1.29, 1.82) is 0 Å². The monoisotopic (exact) mass is 266 g/mol. The third-order valence-electron chi connectivity index (χ3n) is 4.77. The predicted octanol–water partition coefficient (Wildman–Crippen LogP) is 5.70. The van der Waals surface area contributed by atoms with Gasteiger partial charge >= 0.3 is 0 Å². The van der Waals surface area contributed by atoms with Crippen LogP contribution in [0.4, 0.5) is 0 Å². The van der Waals surface area contributed by atoms with Crippen molar-refractivity contribution in [2.24, 2.45) is 0 Å². The van der Waals surface area contributed by atoms with E-state index in [9.17, 15) is 0 Å². The van der Waals surface area contributed by atoms with Crippen molar-refractivity contribution in [2.45, 2.75) is 51.9 Å². The van der Waals surface area contributed by atoms with E-state index in [2.05, 4.69) is 89.2 Å². The van der Waals surface area contributed by atoms with Gasteiger partial charge in [-0.1, -0.05) is 89.2 Å². The average molecular weight is 266 g/mol. The van der Waals surface area contributed by atoms with Crippen molar-refractivity contribution in [3.8, 4) is 0 Å². The van der Waals surface area contributed by atoms with Crippen LogP contribution < -0.4 is 0 Å². The first kappa shape index (κ1) is 14.8. The van der Waals surface area contributed by atoms with Gasteiger partial charge in [0.15, 0.2) is 0 Å². The van der Waals surface area contributed by atoms with E-state index in [0.717, 1.165) is 6.42 Å². The van der Waals surface area contributed by atoms with Gasteiger partial charge in [0.25, 0.3) is 0 Å². The standard InChI is InChI=1S/C20H26/c1-6-19(2,3)16-12-14-18(15-13-16)20(4,5)17-10-8-7-9-11-17/h7-15H,6H2,1-5H3. The minimum Gasteiger partial charge on any atom is -0.0646 e. The molecule has 0 fully saturated rings. The van der Waals surface area contributed by atoms with Gasteiger partial charge in [0, 0.05) is 5.41 Å². The molecule has 2 aromatic rings. The van der Waals surface area contributed by atoms with E-state index in [0.29, 0.717) is 0 Å². The van der Waals surface area contributed by atoms with E-state index in [4.69, 9.17) is 0 Å². The Morgan fingerprint density at radius 3 is 1.60 bits per heavy atom. The van der Waals surface area contributed by atoms with E-state index in [-0.39, 0.29) is 10.8 Å². The summed E-state index contributed by atoms with van der Waals surface area (Å²) in [4.78, 5) is 0. The Kier molecular flexibility index (Phi) is 4.04. The van der Waals surface area contributed by atoms with Crippen LogP contribution in [0.5, 0.6) is 0 Å². The summed E-state index contributed by atoms with van der Waals surface area (Å²) >= 11 is 0. The Morgan fingerprint density at radius 1 is 0.650 bits per heavy atom. The molecule has 0 unspecified atom stereocenters. The Labute approximate surface area is 123 Å². The highest BCUT2D eigenvalue weighted by molar-refractivity contribution is 5.39. The Morgan fingerprint density at radius 2 is 1.10 bits per heavy atom. The smallest absolute Gasteiger partial charge is 0.0146 e. The van der Waals surface area contributed by atoms with Crippen molar-refractivity contribution in [3.05, 3.63) is 71.3 Å². The van der Waals surface area contributed by atoms with Crippen LogP contribution in [0.15, 0.2) is 54.6 Å². The van der Waals surface area contributed by atoms with E-state index in [1.807, 2.05) is 0 Å². The van der Waals surface area contributed by atoms with Crippen molar-refractivity contribution in [1.82, 2.24) is 0 Å². The van der Waals surface area contributed by atoms with Crippen LogP contribution in [0.2, 0.25) is 0 Å². The molecule has 0 aliphatic rings. The second-order valence-electron chi connectivity index (χ2n) is 6.81. The zero-order valence-electron chi connectivity index (χ0n) is 13.4. The van der Waals surface area contributed by atoms with Gasteiger partial charge in [0.05, 0.1) is 0 Å². The van der Waals surface area contributed by atoms with Gasteiger partial charge in [0.1, 0.15) is 0 Å². The molecule has 0 atom stereocenters. The largest absolute Gasteiger partial charge is 0.0646 e. The van der Waals surface area contributed by atoms with Crippen molar-refractivity contribution >= 4 is 0 Å². The fourth-order valence-electron chi connectivity index (χ4n) is 2.56. The Bertz CT molecular complexity index is 544. The summed E-state index contributed by atoms with van der Waals surface area (Å²) in [5.74, 6) is 0. The van der Waals surface area contributed by atoms with Crippen molar-refractivity contribution < 1.29 is 0 Å². The molecule has 2 rings (SSSR count). The molecule has 0 heteroatoms. The van der Waals surface area contributed by atoms with Crippen molar-refractivity contribution in [3.63, 3.8) is 0 Å². The summed E-state index contributed by atoms with van der Waals surface area (Å²) in [7, 11) is 0. The third kappa shape index (κ3) is 2.80. The SMILES string of the molecule is CCC(C)(C)c1ccc(C(C)(C)c2ccccc2)cc1. The third-order valence-corrected chi connectivity index (χ3v) is 4.77. The molecule has 0 N–H and O–H groups in total. The molecule has 0 aliphatic heterocycles. The fraction of sp³-hybridized carbons (Fsp3) is 0.400. The van der Waals surface area contributed by atoms with Crippen LogP contribution in [-0.4, -0.2) is 0 Å². The summed E-state index contributed by atoms with van der Waals surface area (Å²) in [6.45, 7) is 11.5. The first-order valence-corrected chi connectivity index (χ1v) is 7.54. The van der Waals surface area contributed by atoms with Gasteiger partial charge in [-0.05, 0) is 28.5 Å². The van der Waals surface area contributed by atoms with Crippen LogP contribution in [0, 0.1) is 0 Å². The minimum absolute atomic E-state index is 0.0517.